The minimum absolute atomic E-state index is 0.0233. The van der Waals surface area contributed by atoms with E-state index in [0.717, 1.165) is 24.1 Å². The number of rotatable bonds is 3. The predicted molar refractivity (Wildman–Crippen MR) is 109 cm³/mol. The third kappa shape index (κ3) is 3.09. The first-order chi connectivity index (χ1) is 14.4. The predicted octanol–water partition coefficient (Wildman–Crippen LogP) is 1.57. The van der Waals surface area contributed by atoms with Gasteiger partial charge in [-0.3, -0.25) is 0 Å². The molecule has 0 bridgehead atoms. The molecule has 5 rings (SSSR count). The van der Waals surface area contributed by atoms with E-state index in [2.05, 4.69) is 15.3 Å². The van der Waals surface area contributed by atoms with E-state index in [1.54, 1.807) is 6.07 Å². The number of hydrogen-bond acceptors (Lipinski definition) is 7. The Labute approximate surface area is 176 Å². The lowest BCUT2D eigenvalue weighted by Crippen LogP contribution is -2.34. The fourth-order valence-electron chi connectivity index (χ4n) is 4.47. The number of nitrogens with two attached hydrogens (primary N) is 1. The van der Waals surface area contributed by atoms with Crippen LogP contribution in [-0.4, -0.2) is 49.6 Å². The normalized spacial score (nSPS) is 26.1. The summed E-state index contributed by atoms with van der Waals surface area (Å²) in [6.07, 6.45) is 0.517. The molecule has 1 aromatic carbocycles. The second-order valence-corrected chi connectivity index (χ2v) is 8.19. The Bertz CT molecular complexity index is 1120. The average Bonchev–Trinajstić information content (AvgIpc) is 3.20. The molecule has 0 amide bonds. The molecule has 4 atom stereocenters. The van der Waals surface area contributed by atoms with Crippen molar-refractivity contribution < 1.29 is 19.3 Å². The van der Waals surface area contributed by atoms with Crippen LogP contribution in [-0.2, 0) is 13.0 Å². The number of hydrogen-bond donors (Lipinski definition) is 4. The SMILES string of the molecule is Nc1ncnc2c1c(F)cn2C1CC(Oc2cc(Cl)cc3c2CNCC3)C(O)[C@H]1O. The van der Waals surface area contributed by atoms with Gasteiger partial charge >= 0.3 is 0 Å². The number of benzene rings is 1. The molecule has 1 fully saturated rings. The van der Waals surface area contributed by atoms with Crippen LogP contribution in [0.25, 0.3) is 11.0 Å². The molecule has 2 aliphatic rings. The maximum absolute atomic E-state index is 14.4. The molecule has 1 saturated carbocycles. The minimum atomic E-state index is -1.17. The van der Waals surface area contributed by atoms with Crippen LogP contribution in [0.5, 0.6) is 5.75 Å². The molecule has 1 aliphatic heterocycles. The number of aromatic nitrogens is 3. The van der Waals surface area contributed by atoms with Crippen molar-refractivity contribution in [3.63, 3.8) is 0 Å². The van der Waals surface area contributed by atoms with Crippen molar-refractivity contribution in [3.8, 4) is 5.75 Å². The Balaban J connectivity index is 1.47. The van der Waals surface area contributed by atoms with Crippen molar-refractivity contribution >= 4 is 28.5 Å². The first kappa shape index (κ1) is 19.5. The van der Waals surface area contributed by atoms with Crippen LogP contribution in [0.2, 0.25) is 5.02 Å². The van der Waals surface area contributed by atoms with Crippen LogP contribution in [0.3, 0.4) is 0 Å². The second kappa shape index (κ2) is 7.35. The molecule has 3 heterocycles. The number of fused-ring (bicyclic) bond motifs is 2. The second-order valence-electron chi connectivity index (χ2n) is 7.75. The molecule has 0 spiro atoms. The Morgan fingerprint density at radius 3 is 2.93 bits per heavy atom. The average molecular weight is 434 g/mol. The van der Waals surface area contributed by atoms with Crippen LogP contribution in [0.15, 0.2) is 24.7 Å². The molecule has 0 saturated heterocycles. The third-order valence-electron chi connectivity index (χ3n) is 5.97. The van der Waals surface area contributed by atoms with Crippen LogP contribution >= 0.6 is 11.6 Å². The number of nitrogens with zero attached hydrogens (tertiary/aromatic N) is 3. The Morgan fingerprint density at radius 1 is 1.27 bits per heavy atom. The van der Waals surface area contributed by atoms with Gasteiger partial charge in [-0.05, 0) is 30.7 Å². The molecule has 30 heavy (non-hydrogen) atoms. The lowest BCUT2D eigenvalue weighted by molar-refractivity contribution is -0.0166. The van der Waals surface area contributed by atoms with Gasteiger partial charge in [-0.15, -0.1) is 0 Å². The molecule has 2 aromatic heterocycles. The highest BCUT2D eigenvalue weighted by atomic mass is 35.5. The largest absolute Gasteiger partial charge is 0.487 e. The zero-order valence-corrected chi connectivity index (χ0v) is 16.7. The summed E-state index contributed by atoms with van der Waals surface area (Å²) < 4.78 is 22.1. The van der Waals surface area contributed by atoms with Gasteiger partial charge in [-0.2, -0.15) is 0 Å². The summed E-state index contributed by atoms with van der Waals surface area (Å²) >= 11 is 6.26. The monoisotopic (exact) mass is 433 g/mol. The van der Waals surface area contributed by atoms with Gasteiger partial charge in [0.15, 0.2) is 5.82 Å². The summed E-state index contributed by atoms with van der Waals surface area (Å²) in [6, 6.07) is 3.00. The molecule has 10 heteroatoms. The van der Waals surface area contributed by atoms with Gasteiger partial charge in [-0.25, -0.2) is 14.4 Å². The van der Waals surface area contributed by atoms with Gasteiger partial charge in [0.1, 0.15) is 41.9 Å². The van der Waals surface area contributed by atoms with Crippen LogP contribution in [0.4, 0.5) is 10.2 Å². The summed E-state index contributed by atoms with van der Waals surface area (Å²) in [5.74, 6) is 0.0241. The fraction of sp³-hybridized carbons (Fsp3) is 0.400. The molecular weight excluding hydrogens is 413 g/mol. The summed E-state index contributed by atoms with van der Waals surface area (Å²) in [5.41, 5.74) is 8.14. The maximum atomic E-state index is 14.4. The highest BCUT2D eigenvalue weighted by Crippen LogP contribution is 2.39. The molecule has 3 aromatic rings. The summed E-state index contributed by atoms with van der Waals surface area (Å²) in [4.78, 5) is 7.94. The molecular formula is C20H21ClFN5O3. The van der Waals surface area contributed by atoms with Crippen molar-refractivity contribution in [2.75, 3.05) is 12.3 Å². The smallest absolute Gasteiger partial charge is 0.154 e. The van der Waals surface area contributed by atoms with Gasteiger partial charge in [0.05, 0.1) is 11.4 Å². The lowest BCUT2D eigenvalue weighted by atomic mass is 10.00. The van der Waals surface area contributed by atoms with E-state index in [1.807, 2.05) is 6.07 Å². The number of aliphatic hydroxyl groups excluding tert-OH is 2. The molecule has 1 aliphatic carbocycles. The number of ether oxygens (including phenoxy) is 1. The van der Waals surface area contributed by atoms with E-state index in [1.165, 1.54) is 17.1 Å². The number of aliphatic hydroxyl groups is 2. The standard InChI is InChI=1S/C20H21ClFN5O3/c21-10-3-9-1-2-24-6-11(9)14(4-10)30-15-5-13(17(28)18(15)29)27-7-12(22)16-19(23)25-8-26-20(16)27/h3-4,7-8,13,15,17-18,24,28-29H,1-2,5-6H2,(H2,23,25,26)/t13?,15?,17-,18?/m0/s1. The first-order valence-corrected chi connectivity index (χ1v) is 10.1. The van der Waals surface area contributed by atoms with E-state index in [9.17, 15) is 14.6 Å². The number of anilines is 1. The number of nitrogen functional groups attached to an aromatic ring is 1. The summed E-state index contributed by atoms with van der Waals surface area (Å²) in [7, 11) is 0. The van der Waals surface area contributed by atoms with Crippen molar-refractivity contribution in [1.29, 1.82) is 0 Å². The van der Waals surface area contributed by atoms with Gasteiger partial charge in [0, 0.05) is 29.7 Å². The van der Waals surface area contributed by atoms with Crippen molar-refractivity contribution in [3.05, 3.63) is 46.6 Å². The Hall–Kier alpha value is -2.46. The minimum Gasteiger partial charge on any atom is -0.487 e. The van der Waals surface area contributed by atoms with E-state index in [0.29, 0.717) is 17.3 Å². The highest BCUT2D eigenvalue weighted by Gasteiger charge is 2.45. The molecule has 8 nitrogen and oxygen atoms in total. The Kier molecular flexibility index (Phi) is 4.78. The zero-order valence-electron chi connectivity index (χ0n) is 15.9. The molecule has 0 radical (unpaired) electrons. The fourth-order valence-corrected chi connectivity index (χ4v) is 4.70. The van der Waals surface area contributed by atoms with Crippen LogP contribution < -0.4 is 15.8 Å². The quantitative estimate of drug-likeness (QED) is 0.495. The van der Waals surface area contributed by atoms with Gasteiger partial charge in [-0.1, -0.05) is 11.6 Å². The molecule has 5 N–H and O–H groups in total. The van der Waals surface area contributed by atoms with E-state index in [-0.39, 0.29) is 23.3 Å². The summed E-state index contributed by atoms with van der Waals surface area (Å²) in [6.45, 7) is 1.50. The topological polar surface area (TPSA) is 118 Å². The summed E-state index contributed by atoms with van der Waals surface area (Å²) in [5, 5.41) is 25.3. The molecule has 158 valence electrons. The zero-order chi connectivity index (χ0) is 21.0. The van der Waals surface area contributed by atoms with E-state index in [4.69, 9.17) is 22.1 Å². The molecule has 3 unspecified atom stereocenters. The van der Waals surface area contributed by atoms with E-state index >= 15 is 0 Å². The van der Waals surface area contributed by atoms with Crippen molar-refractivity contribution in [1.82, 2.24) is 19.9 Å². The first-order valence-electron chi connectivity index (χ1n) is 9.75. The van der Waals surface area contributed by atoms with Gasteiger partial charge in [0.2, 0.25) is 0 Å². The van der Waals surface area contributed by atoms with Crippen molar-refractivity contribution in [2.45, 2.75) is 43.7 Å². The van der Waals surface area contributed by atoms with Crippen LogP contribution in [0.1, 0.15) is 23.6 Å². The third-order valence-corrected chi connectivity index (χ3v) is 6.18. The number of halogens is 2. The van der Waals surface area contributed by atoms with Gasteiger partial charge in [0.25, 0.3) is 0 Å². The Morgan fingerprint density at radius 2 is 2.10 bits per heavy atom. The van der Waals surface area contributed by atoms with Crippen LogP contribution in [0, 0.1) is 5.82 Å². The van der Waals surface area contributed by atoms with E-state index < -0.39 is 30.2 Å². The number of nitrogens with one attached hydrogen (secondary N) is 1. The lowest BCUT2D eigenvalue weighted by Gasteiger charge is -2.24. The maximum Gasteiger partial charge on any atom is 0.154 e. The highest BCUT2D eigenvalue weighted by molar-refractivity contribution is 6.30. The van der Waals surface area contributed by atoms with Gasteiger partial charge < -0.3 is 30.6 Å². The van der Waals surface area contributed by atoms with Crippen molar-refractivity contribution in [2.24, 2.45) is 0 Å².